The van der Waals surface area contributed by atoms with Crippen molar-refractivity contribution in [2.75, 3.05) is 0 Å². The minimum Gasteiger partial charge on any atom is -0.429 e. The Kier molecular flexibility index (Phi) is 2.21. The van der Waals surface area contributed by atoms with Crippen molar-refractivity contribution in [1.82, 2.24) is 0 Å². The highest BCUT2D eigenvalue weighted by Gasteiger charge is 2.22. The Balaban J connectivity index is 0.000000179. The van der Waals surface area contributed by atoms with Gasteiger partial charge in [-0.2, -0.15) is 0 Å². The molecular weight excluding hydrogens is 153 g/mol. The fourth-order valence-electron chi connectivity index (χ4n) is 0.757. The van der Waals surface area contributed by atoms with Crippen molar-refractivity contribution in [3.63, 3.8) is 0 Å². The predicted octanol–water partition coefficient (Wildman–Crippen LogP) is 0.450. The van der Waals surface area contributed by atoms with Gasteiger partial charge in [0.25, 0.3) is 0 Å². The van der Waals surface area contributed by atoms with Crippen LogP contribution in [0.25, 0.3) is 11.1 Å². The lowest BCUT2D eigenvalue weighted by molar-refractivity contribution is 0.448. The van der Waals surface area contributed by atoms with Gasteiger partial charge in [0, 0.05) is 5.56 Å². The van der Waals surface area contributed by atoms with Crippen LogP contribution >= 0.6 is 0 Å². The quantitative estimate of drug-likeness (QED) is 0.545. The molecule has 0 aliphatic heterocycles. The zero-order valence-electron chi connectivity index (χ0n) is 5.38. The highest BCUT2D eigenvalue weighted by atomic mass is 19.2. The van der Waals surface area contributed by atoms with Crippen LogP contribution in [0.2, 0.25) is 0 Å². The van der Waals surface area contributed by atoms with Crippen LogP contribution in [0.3, 0.4) is 0 Å². The lowest BCUT2D eigenvalue weighted by atomic mass is 10.5. The Labute approximate surface area is 62.4 Å². The van der Waals surface area contributed by atoms with Crippen molar-refractivity contribution in [3.05, 3.63) is 23.8 Å². The molecule has 0 saturated carbocycles. The van der Waals surface area contributed by atoms with Crippen molar-refractivity contribution < 1.29 is 18.8 Å². The Morgan fingerprint density at radius 3 is 1.91 bits per heavy atom. The minimum atomic E-state index is -0.725. The monoisotopic (exact) mass is 157 g/mol. The molecule has 0 aromatic heterocycles. The van der Waals surface area contributed by atoms with Crippen LogP contribution in [0.1, 0.15) is 0 Å². The summed E-state index contributed by atoms with van der Waals surface area (Å²) in [6.45, 7) is 0. The standard InChI is InChI=1S/C6H2F2.BH2O2/c7-5-2-3-1-4(3)6(5)8;2-1-3/h1-2H;2-3H. The van der Waals surface area contributed by atoms with Crippen LogP contribution in [0, 0.1) is 11.6 Å². The third-order valence-electron chi connectivity index (χ3n) is 1.26. The zero-order valence-corrected chi connectivity index (χ0v) is 5.38. The van der Waals surface area contributed by atoms with Gasteiger partial charge in [0.2, 0.25) is 0 Å². The van der Waals surface area contributed by atoms with Gasteiger partial charge in [-0.15, -0.1) is 0 Å². The van der Waals surface area contributed by atoms with Crippen molar-refractivity contribution in [3.8, 4) is 11.1 Å². The Morgan fingerprint density at radius 2 is 1.73 bits per heavy atom. The average Bonchev–Trinajstić information content (AvgIpc) is 2.62. The SMILES string of the molecule is Fc1cc2cc-2c1F.O[B]O. The Bertz CT molecular complexity index is 278. The molecule has 1 radical (unpaired) electrons. The van der Waals surface area contributed by atoms with Gasteiger partial charge in [-0.05, 0) is 17.7 Å². The largest absolute Gasteiger partial charge is 0.482 e. The second-order valence-electron chi connectivity index (χ2n) is 1.94. The average molecular weight is 157 g/mol. The molecule has 0 aromatic rings. The van der Waals surface area contributed by atoms with Crippen molar-refractivity contribution in [2.24, 2.45) is 0 Å². The normalized spacial score (nSPS) is 9.82. The molecule has 0 bridgehead atoms. The summed E-state index contributed by atoms with van der Waals surface area (Å²) in [4.78, 5) is 0. The van der Waals surface area contributed by atoms with Crippen molar-refractivity contribution in [2.45, 2.75) is 0 Å². The fraction of sp³-hybridized carbons (Fsp3) is 0. The first-order chi connectivity index (χ1) is 5.20. The number of benzene rings is 1. The summed E-state index contributed by atoms with van der Waals surface area (Å²) in [5, 5.41) is 14.0. The summed E-state index contributed by atoms with van der Waals surface area (Å²) in [7, 11) is 0. The van der Waals surface area contributed by atoms with E-state index in [2.05, 4.69) is 0 Å². The van der Waals surface area contributed by atoms with E-state index in [-0.39, 0.29) is 7.69 Å². The van der Waals surface area contributed by atoms with Crippen LogP contribution in [-0.4, -0.2) is 17.7 Å². The van der Waals surface area contributed by atoms with Crippen molar-refractivity contribution >= 4 is 7.69 Å². The number of fused-ring (bicyclic) bond motifs is 1. The van der Waals surface area contributed by atoms with Crippen molar-refractivity contribution in [1.29, 1.82) is 0 Å². The smallest absolute Gasteiger partial charge is 0.429 e. The molecule has 0 spiro atoms. The van der Waals surface area contributed by atoms with Gasteiger partial charge >= 0.3 is 7.69 Å². The van der Waals surface area contributed by atoms with Crippen LogP contribution in [0.15, 0.2) is 12.1 Å². The lowest BCUT2D eigenvalue weighted by Crippen LogP contribution is -1.75. The van der Waals surface area contributed by atoms with Gasteiger partial charge in [-0.1, -0.05) is 0 Å². The van der Waals surface area contributed by atoms with E-state index in [1.165, 1.54) is 6.07 Å². The van der Waals surface area contributed by atoms with Crippen LogP contribution < -0.4 is 0 Å². The molecule has 5 heteroatoms. The second-order valence-corrected chi connectivity index (χ2v) is 1.94. The summed E-state index contributed by atoms with van der Waals surface area (Å²) >= 11 is 0. The highest BCUT2D eigenvalue weighted by molar-refractivity contribution is 6.13. The molecule has 0 aromatic carbocycles. The Hall–Kier alpha value is -0.935. The first kappa shape index (κ1) is 8.16. The van der Waals surface area contributed by atoms with Gasteiger partial charge in [0.05, 0.1) is 0 Å². The molecule has 11 heavy (non-hydrogen) atoms. The molecule has 2 nitrogen and oxygen atoms in total. The van der Waals surface area contributed by atoms with Gasteiger partial charge in [-0.25, -0.2) is 8.78 Å². The van der Waals surface area contributed by atoms with Crippen LogP contribution in [-0.2, 0) is 0 Å². The summed E-state index contributed by atoms with van der Waals surface area (Å²) < 4.78 is 24.1. The summed E-state index contributed by atoms with van der Waals surface area (Å²) in [6, 6.07) is 2.81. The first-order valence-electron chi connectivity index (χ1n) is 2.80. The van der Waals surface area contributed by atoms with E-state index in [1.807, 2.05) is 0 Å². The number of rotatable bonds is 0. The van der Waals surface area contributed by atoms with E-state index in [1.54, 1.807) is 6.07 Å². The van der Waals surface area contributed by atoms with E-state index in [0.717, 1.165) is 0 Å². The van der Waals surface area contributed by atoms with E-state index in [9.17, 15) is 8.78 Å². The number of hydrogen-bond donors (Lipinski definition) is 2. The van der Waals surface area contributed by atoms with E-state index in [0.29, 0.717) is 11.1 Å². The molecule has 0 unspecified atom stereocenters. The third-order valence-corrected chi connectivity index (χ3v) is 1.26. The molecule has 57 valence electrons. The maximum Gasteiger partial charge on any atom is 0.482 e. The maximum atomic E-state index is 12.1. The molecular formula is C6H4BF2O2. The molecule has 2 N–H and O–H groups in total. The molecule has 0 saturated heterocycles. The maximum absolute atomic E-state index is 12.1. The number of halogens is 2. The molecule has 0 amide bonds. The molecule has 2 aliphatic rings. The zero-order chi connectivity index (χ0) is 8.43. The number of hydrogen-bond acceptors (Lipinski definition) is 2. The Morgan fingerprint density at radius 1 is 1.18 bits per heavy atom. The van der Waals surface area contributed by atoms with Crippen LogP contribution in [0.4, 0.5) is 8.78 Å². The molecule has 2 rings (SSSR count). The van der Waals surface area contributed by atoms with Gasteiger partial charge in [0.15, 0.2) is 11.6 Å². The van der Waals surface area contributed by atoms with E-state index in [4.69, 9.17) is 10.0 Å². The summed E-state index contributed by atoms with van der Waals surface area (Å²) in [6.07, 6.45) is 0. The molecule has 0 atom stereocenters. The first-order valence-corrected chi connectivity index (χ1v) is 2.80. The molecule has 0 fully saturated rings. The van der Waals surface area contributed by atoms with Gasteiger partial charge in [0.1, 0.15) is 0 Å². The van der Waals surface area contributed by atoms with Gasteiger partial charge in [-0.3, -0.25) is 0 Å². The lowest BCUT2D eigenvalue weighted by Gasteiger charge is -1.74. The van der Waals surface area contributed by atoms with E-state index < -0.39 is 11.6 Å². The summed E-state index contributed by atoms with van der Waals surface area (Å²) in [5.74, 6) is -1.42. The topological polar surface area (TPSA) is 40.5 Å². The predicted molar refractivity (Wildman–Crippen MR) is 35.5 cm³/mol. The highest BCUT2D eigenvalue weighted by Crippen LogP contribution is 2.38. The fourth-order valence-corrected chi connectivity index (χ4v) is 0.757. The summed E-state index contributed by atoms with van der Waals surface area (Å²) in [5.41, 5.74) is 1.16. The third kappa shape index (κ3) is 1.55. The molecule has 2 aliphatic carbocycles. The van der Waals surface area contributed by atoms with E-state index >= 15 is 0 Å². The van der Waals surface area contributed by atoms with Gasteiger partial charge < -0.3 is 10.0 Å². The molecule has 0 heterocycles. The van der Waals surface area contributed by atoms with Crippen LogP contribution in [0.5, 0.6) is 0 Å². The second kappa shape index (κ2) is 2.98. The minimum absolute atomic E-state index is 0.